The van der Waals surface area contributed by atoms with E-state index in [1.807, 2.05) is 6.92 Å². The molecule has 0 saturated heterocycles. The van der Waals surface area contributed by atoms with Crippen molar-refractivity contribution in [2.24, 2.45) is 0 Å². The Bertz CT molecular complexity index is 645. The van der Waals surface area contributed by atoms with Crippen LogP contribution in [0, 0.1) is 12.7 Å². The Morgan fingerprint density at radius 1 is 1.50 bits per heavy atom. The van der Waals surface area contributed by atoms with Crippen molar-refractivity contribution in [3.05, 3.63) is 45.7 Å². The van der Waals surface area contributed by atoms with E-state index >= 15 is 0 Å². The second kappa shape index (κ2) is 5.30. The Labute approximate surface area is 120 Å². The van der Waals surface area contributed by atoms with Gasteiger partial charge in [0, 0.05) is 24.4 Å². The van der Waals surface area contributed by atoms with E-state index in [0.29, 0.717) is 5.13 Å². The number of rotatable bonds is 2. The molecule has 0 aliphatic carbocycles. The van der Waals surface area contributed by atoms with Gasteiger partial charge in [-0.3, -0.25) is 10.1 Å². The smallest absolute Gasteiger partial charge is 0.260 e. The van der Waals surface area contributed by atoms with Crippen LogP contribution in [0.15, 0.2) is 18.2 Å². The molecule has 6 heteroatoms. The molecule has 0 bridgehead atoms. The number of hydrogen-bond donors (Lipinski definition) is 2. The van der Waals surface area contributed by atoms with Crippen molar-refractivity contribution in [3.63, 3.8) is 0 Å². The molecule has 20 heavy (non-hydrogen) atoms. The third-order valence-corrected chi connectivity index (χ3v) is 4.20. The number of fused-ring (bicyclic) bond motifs is 1. The maximum Gasteiger partial charge on any atom is 0.260 e. The summed E-state index contributed by atoms with van der Waals surface area (Å²) in [6, 6.07) is 4.49. The van der Waals surface area contributed by atoms with Gasteiger partial charge in [0.25, 0.3) is 5.91 Å². The number of thiazole rings is 1. The molecule has 3 rings (SSSR count). The quantitative estimate of drug-likeness (QED) is 0.894. The van der Waals surface area contributed by atoms with Gasteiger partial charge in [-0.25, -0.2) is 9.37 Å². The van der Waals surface area contributed by atoms with Gasteiger partial charge in [0.15, 0.2) is 5.13 Å². The highest BCUT2D eigenvalue weighted by Gasteiger charge is 2.18. The van der Waals surface area contributed by atoms with Crippen LogP contribution in [0.25, 0.3) is 0 Å². The summed E-state index contributed by atoms with van der Waals surface area (Å²) in [4.78, 5) is 17.6. The standard InChI is InChI=1S/C14H14FN3OS/c1-8-2-3-10(15)9(6-8)13(19)18-14-17-11-4-5-16-7-12(11)20-14/h2-3,6,16H,4-5,7H2,1H3,(H,17,18,19). The topological polar surface area (TPSA) is 54.0 Å². The first-order chi connectivity index (χ1) is 9.63. The van der Waals surface area contributed by atoms with Gasteiger partial charge in [-0.05, 0) is 19.1 Å². The summed E-state index contributed by atoms with van der Waals surface area (Å²) in [5.41, 5.74) is 1.92. The van der Waals surface area contributed by atoms with Gasteiger partial charge in [0.1, 0.15) is 5.82 Å². The van der Waals surface area contributed by atoms with Gasteiger partial charge in [-0.15, -0.1) is 11.3 Å². The maximum atomic E-state index is 13.7. The normalized spacial score (nSPS) is 13.9. The lowest BCUT2D eigenvalue weighted by atomic mass is 10.1. The maximum absolute atomic E-state index is 13.7. The summed E-state index contributed by atoms with van der Waals surface area (Å²) < 4.78 is 13.7. The highest BCUT2D eigenvalue weighted by atomic mass is 32.1. The Kier molecular flexibility index (Phi) is 3.50. The fraction of sp³-hybridized carbons (Fsp3) is 0.286. The Morgan fingerprint density at radius 3 is 3.15 bits per heavy atom. The molecule has 0 atom stereocenters. The van der Waals surface area contributed by atoms with E-state index in [-0.39, 0.29) is 5.56 Å². The zero-order chi connectivity index (χ0) is 14.1. The number of aryl methyl sites for hydroxylation is 1. The van der Waals surface area contributed by atoms with Crippen LogP contribution in [0.5, 0.6) is 0 Å². The molecule has 0 saturated carbocycles. The van der Waals surface area contributed by atoms with E-state index < -0.39 is 11.7 Å². The minimum atomic E-state index is -0.518. The molecule has 1 aromatic carbocycles. The molecule has 0 spiro atoms. The number of nitrogens with one attached hydrogen (secondary N) is 2. The monoisotopic (exact) mass is 291 g/mol. The molecular formula is C14H14FN3OS. The van der Waals surface area contributed by atoms with Crippen molar-refractivity contribution in [3.8, 4) is 0 Å². The van der Waals surface area contributed by atoms with Gasteiger partial charge < -0.3 is 5.32 Å². The Hall–Kier alpha value is -1.79. The minimum Gasteiger partial charge on any atom is -0.311 e. The van der Waals surface area contributed by atoms with E-state index in [1.54, 1.807) is 12.1 Å². The van der Waals surface area contributed by atoms with Crippen LogP contribution >= 0.6 is 11.3 Å². The van der Waals surface area contributed by atoms with Gasteiger partial charge in [-0.1, -0.05) is 11.6 Å². The summed E-state index contributed by atoms with van der Waals surface area (Å²) in [5.74, 6) is -0.971. The largest absolute Gasteiger partial charge is 0.311 e. The lowest BCUT2D eigenvalue weighted by molar-refractivity contribution is 0.102. The molecule has 0 fully saturated rings. The Morgan fingerprint density at radius 2 is 2.35 bits per heavy atom. The van der Waals surface area contributed by atoms with E-state index in [1.165, 1.54) is 17.4 Å². The highest BCUT2D eigenvalue weighted by molar-refractivity contribution is 7.15. The molecule has 2 aromatic rings. The van der Waals surface area contributed by atoms with Crippen molar-refractivity contribution in [2.75, 3.05) is 11.9 Å². The number of amides is 1. The number of aromatic nitrogens is 1. The van der Waals surface area contributed by atoms with Crippen LogP contribution in [0.4, 0.5) is 9.52 Å². The predicted octanol–water partition coefficient (Wildman–Crippen LogP) is 2.49. The molecule has 0 unspecified atom stereocenters. The van der Waals surface area contributed by atoms with Crippen molar-refractivity contribution in [1.82, 2.24) is 10.3 Å². The van der Waals surface area contributed by atoms with Gasteiger partial charge in [0.2, 0.25) is 0 Å². The summed E-state index contributed by atoms with van der Waals surface area (Å²) >= 11 is 1.44. The van der Waals surface area contributed by atoms with E-state index in [0.717, 1.165) is 35.6 Å². The number of halogens is 1. The van der Waals surface area contributed by atoms with Crippen molar-refractivity contribution in [2.45, 2.75) is 19.9 Å². The zero-order valence-corrected chi connectivity index (χ0v) is 11.8. The van der Waals surface area contributed by atoms with E-state index in [4.69, 9.17) is 0 Å². The number of nitrogens with zero attached hydrogens (tertiary/aromatic N) is 1. The van der Waals surface area contributed by atoms with Gasteiger partial charge in [-0.2, -0.15) is 0 Å². The van der Waals surface area contributed by atoms with E-state index in [9.17, 15) is 9.18 Å². The molecule has 104 valence electrons. The molecule has 4 nitrogen and oxygen atoms in total. The van der Waals surface area contributed by atoms with Crippen LogP contribution < -0.4 is 10.6 Å². The first-order valence-corrected chi connectivity index (χ1v) is 7.22. The van der Waals surface area contributed by atoms with Crippen LogP contribution in [0.2, 0.25) is 0 Å². The van der Waals surface area contributed by atoms with E-state index in [2.05, 4.69) is 15.6 Å². The lowest BCUT2D eigenvalue weighted by Crippen LogP contribution is -2.22. The summed E-state index contributed by atoms with van der Waals surface area (Å²) in [5, 5.41) is 6.47. The second-order valence-corrected chi connectivity index (χ2v) is 5.84. The molecular weight excluding hydrogens is 277 g/mol. The summed E-state index contributed by atoms with van der Waals surface area (Å²) in [6.07, 6.45) is 0.862. The van der Waals surface area contributed by atoms with Crippen molar-refractivity contribution < 1.29 is 9.18 Å². The highest BCUT2D eigenvalue weighted by Crippen LogP contribution is 2.26. The van der Waals surface area contributed by atoms with Crippen LogP contribution in [-0.2, 0) is 13.0 Å². The molecule has 2 heterocycles. The number of carbonyl (C=O) groups excluding carboxylic acids is 1. The molecule has 1 aromatic heterocycles. The van der Waals surface area contributed by atoms with Crippen LogP contribution in [0.3, 0.4) is 0 Å². The SMILES string of the molecule is Cc1ccc(F)c(C(=O)Nc2nc3c(s2)CNCC3)c1. The zero-order valence-electron chi connectivity index (χ0n) is 11.0. The molecule has 2 N–H and O–H groups in total. The predicted molar refractivity (Wildman–Crippen MR) is 76.6 cm³/mol. The Balaban J connectivity index is 1.82. The fourth-order valence-electron chi connectivity index (χ4n) is 2.16. The fourth-order valence-corrected chi connectivity index (χ4v) is 3.13. The third kappa shape index (κ3) is 2.57. The van der Waals surface area contributed by atoms with Crippen LogP contribution in [0.1, 0.15) is 26.5 Å². The number of carbonyl (C=O) groups is 1. The van der Waals surface area contributed by atoms with Gasteiger partial charge >= 0.3 is 0 Å². The van der Waals surface area contributed by atoms with Crippen molar-refractivity contribution in [1.29, 1.82) is 0 Å². The first-order valence-electron chi connectivity index (χ1n) is 6.40. The number of anilines is 1. The molecule has 1 amide bonds. The lowest BCUT2D eigenvalue weighted by Gasteiger charge is -2.09. The molecule has 0 radical (unpaired) electrons. The number of benzene rings is 1. The summed E-state index contributed by atoms with van der Waals surface area (Å²) in [6.45, 7) is 3.50. The average molecular weight is 291 g/mol. The summed E-state index contributed by atoms with van der Waals surface area (Å²) in [7, 11) is 0. The van der Waals surface area contributed by atoms with Gasteiger partial charge in [0.05, 0.1) is 11.3 Å². The van der Waals surface area contributed by atoms with Crippen molar-refractivity contribution >= 4 is 22.4 Å². The average Bonchev–Trinajstić information content (AvgIpc) is 2.83. The third-order valence-electron chi connectivity index (χ3n) is 3.19. The second-order valence-electron chi connectivity index (χ2n) is 4.75. The minimum absolute atomic E-state index is 0.0521. The number of hydrogen-bond acceptors (Lipinski definition) is 4. The van der Waals surface area contributed by atoms with Crippen LogP contribution in [-0.4, -0.2) is 17.4 Å². The first kappa shape index (κ1) is 13.2. The molecule has 1 aliphatic heterocycles. The molecule has 1 aliphatic rings.